The number of imide groups is 1. The summed E-state index contributed by atoms with van der Waals surface area (Å²) in [6, 6.07) is 12.2. The molecule has 2 aromatic carbocycles. The fraction of sp³-hybridized carbons (Fsp3) is 0.391. The van der Waals surface area contributed by atoms with Gasteiger partial charge in [0, 0.05) is 25.8 Å². The number of hydrogen-bond acceptors (Lipinski definition) is 6. The monoisotopic (exact) mass is 489 g/mol. The molecule has 3 heterocycles. The Hall–Kier alpha value is -2.52. The smallest absolute Gasteiger partial charge is 0.328 e. The standard InChI is InChI=1S/C23H25Cl2N5O3/c1-27-20-19(21(31)30(23(27)32)13-14-4-9-17(24)18(25)12-14)29-11-3-10-28(22(29)26-20)15-5-7-16(33-2)8-6-15/h4-9,12,19-20,22,26H,3,10-11,13H2,1-2H3. The van der Waals surface area contributed by atoms with E-state index in [9.17, 15) is 9.59 Å². The van der Waals surface area contributed by atoms with Gasteiger partial charge in [0.05, 0.1) is 23.7 Å². The third-order valence-electron chi connectivity index (χ3n) is 6.60. The Morgan fingerprint density at radius 1 is 1.06 bits per heavy atom. The van der Waals surface area contributed by atoms with E-state index in [1.165, 1.54) is 4.90 Å². The number of carbonyl (C=O) groups excluding carboxylic acids is 2. The second-order valence-corrected chi connectivity index (χ2v) is 9.29. The Morgan fingerprint density at radius 3 is 2.52 bits per heavy atom. The van der Waals surface area contributed by atoms with Gasteiger partial charge >= 0.3 is 6.03 Å². The number of hydrogen-bond donors (Lipinski definition) is 1. The number of nitrogens with zero attached hydrogens (tertiary/aromatic N) is 4. The molecular weight excluding hydrogens is 465 g/mol. The molecule has 1 N–H and O–H groups in total. The topological polar surface area (TPSA) is 68.4 Å². The van der Waals surface area contributed by atoms with Gasteiger partial charge in [-0.05, 0) is 48.4 Å². The highest BCUT2D eigenvalue weighted by atomic mass is 35.5. The Balaban J connectivity index is 1.41. The van der Waals surface area contributed by atoms with Gasteiger partial charge in [0.2, 0.25) is 0 Å². The maximum absolute atomic E-state index is 13.6. The highest BCUT2D eigenvalue weighted by Crippen LogP contribution is 2.34. The number of likely N-dealkylation sites (N-methyl/N-ethyl adjacent to an activating group) is 1. The van der Waals surface area contributed by atoms with Crippen molar-refractivity contribution in [3.05, 3.63) is 58.1 Å². The van der Waals surface area contributed by atoms with Crippen molar-refractivity contribution in [2.24, 2.45) is 0 Å². The minimum atomic E-state index is -0.471. The lowest BCUT2D eigenvalue weighted by atomic mass is 10.1. The van der Waals surface area contributed by atoms with Crippen molar-refractivity contribution < 1.29 is 14.3 Å². The van der Waals surface area contributed by atoms with Crippen LogP contribution in [0.4, 0.5) is 10.5 Å². The molecule has 3 atom stereocenters. The first-order valence-electron chi connectivity index (χ1n) is 10.8. The predicted octanol–water partition coefficient (Wildman–Crippen LogP) is 3.19. The molecule has 5 rings (SSSR count). The first kappa shape index (κ1) is 22.3. The van der Waals surface area contributed by atoms with E-state index < -0.39 is 12.2 Å². The summed E-state index contributed by atoms with van der Waals surface area (Å²) in [5.74, 6) is 0.583. The van der Waals surface area contributed by atoms with E-state index in [0.717, 1.165) is 36.5 Å². The summed E-state index contributed by atoms with van der Waals surface area (Å²) in [5.41, 5.74) is 1.78. The van der Waals surface area contributed by atoms with Crippen molar-refractivity contribution in [3.63, 3.8) is 0 Å². The van der Waals surface area contributed by atoms with Crippen molar-refractivity contribution in [2.75, 3.05) is 32.1 Å². The zero-order valence-electron chi connectivity index (χ0n) is 18.4. The van der Waals surface area contributed by atoms with Crippen LogP contribution in [0.2, 0.25) is 10.0 Å². The van der Waals surface area contributed by atoms with Gasteiger partial charge < -0.3 is 14.5 Å². The molecule has 0 saturated carbocycles. The summed E-state index contributed by atoms with van der Waals surface area (Å²) < 4.78 is 5.28. The molecule has 3 aliphatic heterocycles. The van der Waals surface area contributed by atoms with Crippen molar-refractivity contribution in [1.29, 1.82) is 0 Å². The van der Waals surface area contributed by atoms with Crippen LogP contribution in [0.25, 0.3) is 0 Å². The van der Waals surface area contributed by atoms with E-state index in [1.54, 1.807) is 37.3 Å². The second-order valence-electron chi connectivity index (χ2n) is 8.48. The molecule has 2 aromatic rings. The lowest BCUT2D eigenvalue weighted by Crippen LogP contribution is -2.66. The average molecular weight is 490 g/mol. The molecule has 3 fully saturated rings. The van der Waals surface area contributed by atoms with Crippen LogP contribution in [0.5, 0.6) is 5.75 Å². The van der Waals surface area contributed by atoms with Crippen LogP contribution in [0, 0.1) is 0 Å². The van der Waals surface area contributed by atoms with Gasteiger partial charge in [-0.3, -0.25) is 19.9 Å². The number of urea groups is 1. The summed E-state index contributed by atoms with van der Waals surface area (Å²) in [4.78, 5) is 34.1. The van der Waals surface area contributed by atoms with Crippen LogP contribution in [-0.2, 0) is 11.3 Å². The predicted molar refractivity (Wildman–Crippen MR) is 126 cm³/mol. The summed E-state index contributed by atoms with van der Waals surface area (Å²) in [7, 11) is 3.38. The minimum absolute atomic E-state index is 0.142. The lowest BCUT2D eigenvalue weighted by molar-refractivity contribution is -0.139. The second kappa shape index (κ2) is 8.68. The minimum Gasteiger partial charge on any atom is -0.497 e. The SMILES string of the molecule is COc1ccc(N2CCCN3C4C(=O)N(Cc5ccc(Cl)c(Cl)c5)C(=O)N(C)C4NC23)cc1. The lowest BCUT2D eigenvalue weighted by Gasteiger charge is -2.44. The Bertz CT molecular complexity index is 1080. The van der Waals surface area contributed by atoms with E-state index in [-0.39, 0.29) is 24.8 Å². The van der Waals surface area contributed by atoms with Crippen LogP contribution in [0.3, 0.4) is 0 Å². The average Bonchev–Trinajstić information content (AvgIpc) is 3.23. The number of rotatable bonds is 4. The van der Waals surface area contributed by atoms with Gasteiger partial charge in [-0.25, -0.2) is 4.79 Å². The third-order valence-corrected chi connectivity index (χ3v) is 7.34. The summed E-state index contributed by atoms with van der Waals surface area (Å²) in [6.07, 6.45) is 0.315. The molecule has 0 aromatic heterocycles. The summed E-state index contributed by atoms with van der Waals surface area (Å²) >= 11 is 12.2. The molecule has 3 unspecified atom stereocenters. The molecule has 8 nitrogen and oxygen atoms in total. The molecule has 0 spiro atoms. The molecule has 0 radical (unpaired) electrons. The molecule has 3 aliphatic rings. The number of ether oxygens (including phenoxy) is 1. The number of carbonyl (C=O) groups is 2. The van der Waals surface area contributed by atoms with Gasteiger partial charge in [0.15, 0.2) is 0 Å². The maximum Gasteiger partial charge on any atom is 0.328 e. The van der Waals surface area contributed by atoms with Gasteiger partial charge in [-0.1, -0.05) is 29.3 Å². The molecule has 3 saturated heterocycles. The van der Waals surface area contributed by atoms with Crippen LogP contribution in [0.1, 0.15) is 12.0 Å². The molecular formula is C23H25Cl2N5O3. The van der Waals surface area contributed by atoms with Crippen LogP contribution >= 0.6 is 23.2 Å². The van der Waals surface area contributed by atoms with Gasteiger partial charge in [-0.2, -0.15) is 0 Å². The normalized spacial score (nSPS) is 25.3. The number of methoxy groups -OCH3 is 1. The molecule has 3 amide bonds. The van der Waals surface area contributed by atoms with E-state index >= 15 is 0 Å². The van der Waals surface area contributed by atoms with Crippen molar-refractivity contribution in [2.45, 2.75) is 31.5 Å². The van der Waals surface area contributed by atoms with E-state index in [2.05, 4.69) is 15.1 Å². The van der Waals surface area contributed by atoms with Crippen LogP contribution in [-0.4, -0.2) is 72.4 Å². The quantitative estimate of drug-likeness (QED) is 0.711. The molecule has 0 bridgehead atoms. The first-order chi connectivity index (χ1) is 15.9. The molecule has 174 valence electrons. The van der Waals surface area contributed by atoms with E-state index in [4.69, 9.17) is 27.9 Å². The third kappa shape index (κ3) is 3.81. The zero-order valence-corrected chi connectivity index (χ0v) is 19.9. The largest absolute Gasteiger partial charge is 0.497 e. The van der Waals surface area contributed by atoms with Crippen molar-refractivity contribution in [3.8, 4) is 5.75 Å². The highest BCUT2D eigenvalue weighted by molar-refractivity contribution is 6.42. The van der Waals surface area contributed by atoms with Crippen LogP contribution in [0.15, 0.2) is 42.5 Å². The first-order valence-corrected chi connectivity index (χ1v) is 11.6. The summed E-state index contributed by atoms with van der Waals surface area (Å²) in [5, 5.41) is 4.35. The number of amides is 3. The zero-order chi connectivity index (χ0) is 23.3. The number of benzene rings is 2. The fourth-order valence-corrected chi connectivity index (χ4v) is 5.24. The van der Waals surface area contributed by atoms with E-state index in [1.807, 2.05) is 24.3 Å². The van der Waals surface area contributed by atoms with Gasteiger partial charge in [0.1, 0.15) is 24.2 Å². The number of fused-ring (bicyclic) bond motifs is 3. The van der Waals surface area contributed by atoms with E-state index in [0.29, 0.717) is 10.0 Å². The Kier molecular flexibility index (Phi) is 5.86. The van der Waals surface area contributed by atoms with Crippen molar-refractivity contribution >= 4 is 40.8 Å². The maximum atomic E-state index is 13.6. The highest BCUT2D eigenvalue weighted by Gasteiger charge is 2.56. The van der Waals surface area contributed by atoms with Crippen LogP contribution < -0.4 is 15.0 Å². The molecule has 0 aliphatic carbocycles. The molecule has 10 heteroatoms. The number of nitrogens with one attached hydrogen (secondary N) is 1. The Morgan fingerprint density at radius 2 is 1.82 bits per heavy atom. The number of anilines is 1. The van der Waals surface area contributed by atoms with Crippen molar-refractivity contribution in [1.82, 2.24) is 20.0 Å². The van der Waals surface area contributed by atoms with Gasteiger partial charge in [-0.15, -0.1) is 0 Å². The number of halogens is 2. The Labute approximate surface area is 202 Å². The fourth-order valence-electron chi connectivity index (χ4n) is 4.92. The summed E-state index contributed by atoms with van der Waals surface area (Å²) in [6.45, 7) is 1.75. The van der Waals surface area contributed by atoms with Gasteiger partial charge in [0.25, 0.3) is 5.91 Å². The molecule has 33 heavy (non-hydrogen) atoms.